The highest BCUT2D eigenvalue weighted by Crippen LogP contribution is 2.64. The van der Waals surface area contributed by atoms with Crippen LogP contribution in [0.5, 0.6) is 5.75 Å². The topological polar surface area (TPSA) is 194 Å². The lowest BCUT2D eigenvalue weighted by Gasteiger charge is -2.49. The smallest absolute Gasteiger partial charge is 0.301 e. The molecular formula is C37H35N5O10. The van der Waals surface area contributed by atoms with Crippen LogP contribution < -0.4 is 19.4 Å². The van der Waals surface area contributed by atoms with Gasteiger partial charge in [0.2, 0.25) is 23.6 Å². The lowest BCUT2D eigenvalue weighted by atomic mass is 9.51. The number of carbonyl (C=O) groups is 4. The van der Waals surface area contributed by atoms with Crippen LogP contribution in [-0.4, -0.2) is 65.9 Å². The second-order valence-electron chi connectivity index (χ2n) is 13.9. The van der Waals surface area contributed by atoms with E-state index in [4.69, 9.17) is 4.74 Å². The summed E-state index contributed by atoms with van der Waals surface area (Å²) in [5, 5.41) is 33.8. The van der Waals surface area contributed by atoms with E-state index in [1.807, 2.05) is 6.08 Å². The van der Waals surface area contributed by atoms with E-state index in [1.54, 1.807) is 61.5 Å². The number of para-hydroxylation sites is 2. The number of hydrogen-bond acceptors (Lipinski definition) is 11. The van der Waals surface area contributed by atoms with Gasteiger partial charge in [0.05, 0.1) is 51.0 Å². The molecule has 15 heteroatoms. The predicted molar refractivity (Wildman–Crippen MR) is 187 cm³/mol. The van der Waals surface area contributed by atoms with Crippen LogP contribution in [0.2, 0.25) is 0 Å². The molecule has 4 aliphatic rings. The molecule has 4 amide bonds. The molecule has 6 atom stereocenters. The first-order chi connectivity index (χ1) is 24.8. The molecule has 15 nitrogen and oxygen atoms in total. The number of benzene rings is 3. The molecule has 2 saturated heterocycles. The molecule has 0 spiro atoms. The molecule has 3 aromatic rings. The summed E-state index contributed by atoms with van der Waals surface area (Å²) in [4.78, 5) is 83.6. The van der Waals surface area contributed by atoms with Gasteiger partial charge >= 0.3 is 11.4 Å². The van der Waals surface area contributed by atoms with E-state index >= 15 is 0 Å². The van der Waals surface area contributed by atoms with Gasteiger partial charge in [-0.05, 0) is 43.9 Å². The zero-order chi connectivity index (χ0) is 37.2. The van der Waals surface area contributed by atoms with E-state index in [-0.39, 0.29) is 37.4 Å². The monoisotopic (exact) mass is 709 g/mol. The first-order valence-electron chi connectivity index (χ1n) is 16.8. The molecule has 52 heavy (non-hydrogen) atoms. The second-order valence-corrected chi connectivity index (χ2v) is 13.9. The second kappa shape index (κ2) is 12.7. The molecule has 6 unspecified atom stereocenters. The Morgan fingerprint density at radius 2 is 1.50 bits per heavy atom. The van der Waals surface area contributed by atoms with Crippen LogP contribution in [-0.2, 0) is 19.2 Å². The number of aliphatic hydroxyl groups is 1. The van der Waals surface area contributed by atoms with Gasteiger partial charge in [-0.3, -0.25) is 39.4 Å². The van der Waals surface area contributed by atoms with Crippen molar-refractivity contribution in [3.05, 3.63) is 104 Å². The van der Waals surface area contributed by atoms with Crippen molar-refractivity contribution in [2.45, 2.75) is 25.7 Å². The summed E-state index contributed by atoms with van der Waals surface area (Å²) in [7, 11) is 2.83. The molecule has 0 aromatic heterocycles. The minimum Gasteiger partial charge on any atom is -0.491 e. The number of fused-ring (bicyclic) bond motifs is 4. The number of amides is 4. The number of anilines is 3. The average molecular weight is 710 g/mol. The van der Waals surface area contributed by atoms with E-state index < -0.39 is 79.9 Å². The van der Waals surface area contributed by atoms with Crippen LogP contribution in [0, 0.1) is 49.3 Å². The molecule has 2 aliphatic heterocycles. The van der Waals surface area contributed by atoms with Gasteiger partial charge in [-0.1, -0.05) is 48.0 Å². The largest absolute Gasteiger partial charge is 0.491 e. The molecular weight excluding hydrogens is 674 g/mol. The van der Waals surface area contributed by atoms with E-state index in [0.717, 1.165) is 17.0 Å². The summed E-state index contributed by atoms with van der Waals surface area (Å²) in [5.41, 5.74) is -1.56. The normalized spacial score (nSPS) is 26.5. The number of allylic oxidation sites excluding steroid dienone is 2. The molecule has 0 radical (unpaired) electrons. The minimum atomic E-state index is -1.34. The number of nitro groups is 2. The van der Waals surface area contributed by atoms with Gasteiger partial charge in [0, 0.05) is 37.7 Å². The lowest BCUT2D eigenvalue weighted by molar-refractivity contribution is -0.392. The molecule has 2 heterocycles. The lowest BCUT2D eigenvalue weighted by Crippen LogP contribution is -2.49. The number of hydrogen-bond donors (Lipinski definition) is 1. The summed E-state index contributed by atoms with van der Waals surface area (Å²) in [5.74, 6) is -6.20. The summed E-state index contributed by atoms with van der Waals surface area (Å²) >= 11 is 0. The van der Waals surface area contributed by atoms with Gasteiger partial charge in [0.15, 0.2) is 5.69 Å². The third kappa shape index (κ3) is 4.98. The fourth-order valence-electron chi connectivity index (χ4n) is 8.90. The maximum atomic E-state index is 14.6. The molecule has 2 aliphatic carbocycles. The standard InChI is InChI=1S/C37H35N5O10/c1-37-26(34(45)40(36(37)47)20-9-5-4-6-10-20)19-25-22(31(37)23-11-7-8-12-29(23)52-16-15-43)13-14-24-30(25)35(46)39(33(24)44)21-17-27(41(48)49)32(38(2)3)28(18-21)42(50)51/h4-13,17-18,24-26,30-31,43H,14-16,19H2,1-3H3. The van der Waals surface area contributed by atoms with Gasteiger partial charge in [-0.15, -0.1) is 0 Å². The minimum absolute atomic E-state index is 0.0348. The van der Waals surface area contributed by atoms with Crippen LogP contribution in [0.15, 0.2) is 78.4 Å². The summed E-state index contributed by atoms with van der Waals surface area (Å²) < 4.78 is 5.94. The Labute approximate surface area is 297 Å². The maximum Gasteiger partial charge on any atom is 0.301 e. The third-order valence-corrected chi connectivity index (χ3v) is 11.0. The Morgan fingerprint density at radius 3 is 2.12 bits per heavy atom. The SMILES string of the molecule is CN(C)c1c([N+](=O)[O-])cc(N2C(=O)C3CC=C4C(CC5C(=O)N(c6ccccc6)C(=O)C5(C)C4c4ccccc4OCCO)C3C2=O)cc1[N+](=O)[O-]. The van der Waals surface area contributed by atoms with Crippen molar-refractivity contribution in [2.75, 3.05) is 42.0 Å². The summed E-state index contributed by atoms with van der Waals surface area (Å²) in [6, 6.07) is 17.6. The highest BCUT2D eigenvalue weighted by molar-refractivity contribution is 6.25. The number of nitrogens with zero attached hydrogens (tertiary/aromatic N) is 5. The van der Waals surface area contributed by atoms with Crippen molar-refractivity contribution < 1.29 is 38.9 Å². The molecule has 1 saturated carbocycles. The number of carbonyl (C=O) groups excluding carboxylic acids is 4. The molecule has 7 rings (SSSR count). The van der Waals surface area contributed by atoms with Gasteiger partial charge in [0.25, 0.3) is 0 Å². The molecule has 1 N–H and O–H groups in total. The fourth-order valence-corrected chi connectivity index (χ4v) is 8.90. The van der Waals surface area contributed by atoms with Crippen molar-refractivity contribution in [2.24, 2.45) is 29.1 Å². The van der Waals surface area contributed by atoms with E-state index in [1.165, 1.54) is 23.9 Å². The van der Waals surface area contributed by atoms with E-state index in [0.29, 0.717) is 22.6 Å². The van der Waals surface area contributed by atoms with Gasteiger partial charge in [0.1, 0.15) is 12.4 Å². The number of aliphatic hydroxyl groups excluding tert-OH is 1. The number of nitro benzene ring substituents is 2. The van der Waals surface area contributed by atoms with Crippen molar-refractivity contribution in [3.63, 3.8) is 0 Å². The van der Waals surface area contributed by atoms with Crippen LogP contribution in [0.4, 0.5) is 28.4 Å². The van der Waals surface area contributed by atoms with Crippen LogP contribution in [0.1, 0.15) is 31.2 Å². The molecule has 268 valence electrons. The van der Waals surface area contributed by atoms with Crippen molar-refractivity contribution in [1.82, 2.24) is 0 Å². The maximum absolute atomic E-state index is 14.6. The quantitative estimate of drug-likeness (QED) is 0.143. The Hall–Kier alpha value is -5.96. The van der Waals surface area contributed by atoms with E-state index in [2.05, 4.69) is 0 Å². The highest BCUT2D eigenvalue weighted by atomic mass is 16.6. The molecule has 3 aromatic carbocycles. The molecule has 3 fully saturated rings. The van der Waals surface area contributed by atoms with E-state index in [9.17, 15) is 44.5 Å². The van der Waals surface area contributed by atoms with Gasteiger partial charge in [-0.2, -0.15) is 0 Å². The van der Waals surface area contributed by atoms with Gasteiger partial charge in [-0.25, -0.2) is 9.80 Å². The molecule has 0 bridgehead atoms. The fraction of sp³-hybridized carbons (Fsp3) is 0.351. The Morgan fingerprint density at radius 1 is 0.865 bits per heavy atom. The Kier molecular flexibility index (Phi) is 8.40. The number of rotatable bonds is 9. The van der Waals surface area contributed by atoms with Gasteiger partial charge < -0.3 is 14.7 Å². The van der Waals surface area contributed by atoms with Crippen molar-refractivity contribution in [3.8, 4) is 5.75 Å². The van der Waals surface area contributed by atoms with Crippen molar-refractivity contribution >= 4 is 52.1 Å². The third-order valence-electron chi connectivity index (χ3n) is 11.0. The Bertz CT molecular complexity index is 2050. The number of imide groups is 2. The average Bonchev–Trinajstić information content (AvgIpc) is 3.49. The van der Waals surface area contributed by atoms with Crippen LogP contribution >= 0.6 is 0 Å². The summed E-state index contributed by atoms with van der Waals surface area (Å²) in [6.45, 7) is 1.44. The first kappa shape index (κ1) is 34.5. The highest BCUT2D eigenvalue weighted by Gasteiger charge is 2.68. The number of ether oxygens (including phenoxy) is 1. The van der Waals surface area contributed by atoms with Crippen LogP contribution in [0.3, 0.4) is 0 Å². The first-order valence-corrected chi connectivity index (χ1v) is 16.8. The predicted octanol–water partition coefficient (Wildman–Crippen LogP) is 4.38. The zero-order valence-corrected chi connectivity index (χ0v) is 28.5. The summed E-state index contributed by atoms with van der Waals surface area (Å²) in [6.07, 6.45) is 1.98. The zero-order valence-electron chi connectivity index (χ0n) is 28.5. The Balaban J connectivity index is 1.37. The van der Waals surface area contributed by atoms with Crippen molar-refractivity contribution in [1.29, 1.82) is 0 Å². The van der Waals surface area contributed by atoms with Crippen LogP contribution in [0.25, 0.3) is 0 Å².